The standard InChI is InChI=1S/C14H18BrFN2O2/c1-4-7-18(9-13(19)17(2)3)14(20)11-8-10(16)5-6-12(11)15/h5-6,8H,4,7,9H2,1-3H3. The Balaban J connectivity index is 2.99. The molecule has 1 aromatic rings. The zero-order chi connectivity index (χ0) is 15.3. The van der Waals surface area contributed by atoms with Gasteiger partial charge in [-0.2, -0.15) is 0 Å². The SMILES string of the molecule is CCCN(CC(=O)N(C)C)C(=O)c1cc(F)ccc1Br. The van der Waals surface area contributed by atoms with E-state index in [1.165, 1.54) is 28.0 Å². The van der Waals surface area contributed by atoms with Gasteiger partial charge in [0.25, 0.3) is 5.91 Å². The van der Waals surface area contributed by atoms with E-state index < -0.39 is 5.82 Å². The van der Waals surface area contributed by atoms with Gasteiger partial charge in [0.15, 0.2) is 0 Å². The first-order chi connectivity index (χ1) is 9.36. The number of benzene rings is 1. The first-order valence-corrected chi connectivity index (χ1v) is 7.10. The maximum atomic E-state index is 13.3. The van der Waals surface area contributed by atoms with Gasteiger partial charge < -0.3 is 9.80 Å². The molecule has 0 aliphatic rings. The van der Waals surface area contributed by atoms with Crippen LogP contribution in [-0.2, 0) is 4.79 Å². The summed E-state index contributed by atoms with van der Waals surface area (Å²) in [6.07, 6.45) is 0.722. The van der Waals surface area contributed by atoms with Gasteiger partial charge in [0, 0.05) is 25.1 Å². The molecule has 6 heteroatoms. The molecule has 1 aromatic carbocycles. The Morgan fingerprint density at radius 1 is 1.30 bits per heavy atom. The number of nitrogens with zero attached hydrogens (tertiary/aromatic N) is 2. The summed E-state index contributed by atoms with van der Waals surface area (Å²) in [6.45, 7) is 2.35. The van der Waals surface area contributed by atoms with E-state index in [2.05, 4.69) is 15.9 Å². The molecular formula is C14H18BrFN2O2. The minimum atomic E-state index is -0.480. The van der Waals surface area contributed by atoms with Crippen molar-refractivity contribution in [2.45, 2.75) is 13.3 Å². The lowest BCUT2D eigenvalue weighted by Gasteiger charge is -2.23. The number of hydrogen-bond acceptors (Lipinski definition) is 2. The van der Waals surface area contributed by atoms with Crippen LogP contribution in [0.3, 0.4) is 0 Å². The molecule has 0 heterocycles. The molecule has 0 N–H and O–H groups in total. The highest BCUT2D eigenvalue weighted by molar-refractivity contribution is 9.10. The summed E-state index contributed by atoms with van der Waals surface area (Å²) in [6, 6.07) is 3.94. The number of hydrogen-bond donors (Lipinski definition) is 0. The van der Waals surface area contributed by atoms with Crippen LogP contribution >= 0.6 is 15.9 Å². The molecule has 0 aromatic heterocycles. The van der Waals surface area contributed by atoms with Crippen LogP contribution in [0.5, 0.6) is 0 Å². The van der Waals surface area contributed by atoms with E-state index in [-0.39, 0.29) is 23.9 Å². The van der Waals surface area contributed by atoms with Crippen LogP contribution in [0.2, 0.25) is 0 Å². The highest BCUT2D eigenvalue weighted by Crippen LogP contribution is 2.20. The Morgan fingerprint density at radius 2 is 1.95 bits per heavy atom. The summed E-state index contributed by atoms with van der Waals surface area (Å²) in [5.74, 6) is -1.00. The minimum absolute atomic E-state index is 0.0113. The highest BCUT2D eigenvalue weighted by Gasteiger charge is 2.21. The molecule has 0 bridgehead atoms. The molecule has 0 aliphatic heterocycles. The number of carbonyl (C=O) groups excluding carboxylic acids is 2. The molecule has 0 radical (unpaired) electrons. The lowest BCUT2D eigenvalue weighted by Crippen LogP contribution is -2.40. The van der Waals surface area contributed by atoms with Crippen LogP contribution in [0.25, 0.3) is 0 Å². The van der Waals surface area contributed by atoms with Gasteiger partial charge in [-0.1, -0.05) is 6.92 Å². The third-order valence-corrected chi connectivity index (χ3v) is 3.46. The van der Waals surface area contributed by atoms with Crippen molar-refractivity contribution in [3.05, 3.63) is 34.1 Å². The molecule has 2 amide bonds. The third kappa shape index (κ3) is 4.30. The molecule has 110 valence electrons. The summed E-state index contributed by atoms with van der Waals surface area (Å²) in [4.78, 5) is 27.0. The van der Waals surface area contributed by atoms with Crippen LogP contribution in [0.1, 0.15) is 23.7 Å². The monoisotopic (exact) mass is 344 g/mol. The van der Waals surface area contributed by atoms with Gasteiger partial charge in [-0.3, -0.25) is 9.59 Å². The van der Waals surface area contributed by atoms with Crippen molar-refractivity contribution in [2.24, 2.45) is 0 Å². The van der Waals surface area contributed by atoms with Crippen LogP contribution in [0, 0.1) is 5.82 Å². The van der Waals surface area contributed by atoms with E-state index >= 15 is 0 Å². The van der Waals surface area contributed by atoms with E-state index in [1.807, 2.05) is 6.92 Å². The smallest absolute Gasteiger partial charge is 0.255 e. The number of rotatable bonds is 5. The van der Waals surface area contributed by atoms with Crippen molar-refractivity contribution in [1.82, 2.24) is 9.80 Å². The average Bonchev–Trinajstić information content (AvgIpc) is 2.40. The van der Waals surface area contributed by atoms with E-state index in [9.17, 15) is 14.0 Å². The van der Waals surface area contributed by atoms with Gasteiger partial charge in [0.05, 0.1) is 5.56 Å². The van der Waals surface area contributed by atoms with E-state index in [4.69, 9.17) is 0 Å². The van der Waals surface area contributed by atoms with Crippen molar-refractivity contribution in [2.75, 3.05) is 27.2 Å². The fourth-order valence-electron chi connectivity index (χ4n) is 1.66. The number of halogens is 2. The second-order valence-electron chi connectivity index (χ2n) is 4.64. The summed E-state index contributed by atoms with van der Waals surface area (Å²) in [5, 5.41) is 0. The Labute approximate surface area is 126 Å². The zero-order valence-electron chi connectivity index (χ0n) is 11.8. The lowest BCUT2D eigenvalue weighted by atomic mass is 10.2. The predicted molar refractivity (Wildman–Crippen MR) is 79.0 cm³/mol. The molecule has 0 saturated carbocycles. The maximum Gasteiger partial charge on any atom is 0.255 e. The number of likely N-dealkylation sites (N-methyl/N-ethyl adjacent to an activating group) is 1. The first-order valence-electron chi connectivity index (χ1n) is 6.31. The van der Waals surface area contributed by atoms with E-state index in [1.54, 1.807) is 14.1 Å². The van der Waals surface area contributed by atoms with Crippen molar-refractivity contribution in [3.8, 4) is 0 Å². The second kappa shape index (κ2) is 7.38. The van der Waals surface area contributed by atoms with Gasteiger partial charge >= 0.3 is 0 Å². The minimum Gasteiger partial charge on any atom is -0.347 e. The van der Waals surface area contributed by atoms with Gasteiger partial charge in [-0.05, 0) is 40.5 Å². The molecule has 0 fully saturated rings. The molecule has 0 saturated heterocycles. The average molecular weight is 345 g/mol. The molecule has 1 rings (SSSR count). The zero-order valence-corrected chi connectivity index (χ0v) is 13.4. The van der Waals surface area contributed by atoms with Gasteiger partial charge in [-0.15, -0.1) is 0 Å². The van der Waals surface area contributed by atoms with E-state index in [0.717, 1.165) is 6.42 Å². The van der Waals surface area contributed by atoms with Crippen LogP contribution in [0.4, 0.5) is 4.39 Å². The fourth-order valence-corrected chi connectivity index (χ4v) is 2.07. The topological polar surface area (TPSA) is 40.6 Å². The van der Waals surface area contributed by atoms with Crippen molar-refractivity contribution in [1.29, 1.82) is 0 Å². The largest absolute Gasteiger partial charge is 0.347 e. The summed E-state index contributed by atoms with van der Waals surface area (Å²) in [7, 11) is 3.27. The van der Waals surface area contributed by atoms with Gasteiger partial charge in [-0.25, -0.2) is 4.39 Å². The molecule has 0 spiro atoms. The molecule has 0 aliphatic carbocycles. The third-order valence-electron chi connectivity index (χ3n) is 2.76. The van der Waals surface area contributed by atoms with Crippen molar-refractivity contribution in [3.63, 3.8) is 0 Å². The van der Waals surface area contributed by atoms with Crippen LogP contribution < -0.4 is 0 Å². The fraction of sp³-hybridized carbons (Fsp3) is 0.429. The molecule has 0 atom stereocenters. The maximum absolute atomic E-state index is 13.3. The van der Waals surface area contributed by atoms with Gasteiger partial charge in [0.1, 0.15) is 12.4 Å². The Kier molecular flexibility index (Phi) is 6.13. The first kappa shape index (κ1) is 16.6. The highest BCUT2D eigenvalue weighted by atomic mass is 79.9. The normalized spacial score (nSPS) is 10.2. The van der Waals surface area contributed by atoms with Crippen molar-refractivity contribution >= 4 is 27.7 Å². The van der Waals surface area contributed by atoms with Crippen molar-refractivity contribution < 1.29 is 14.0 Å². The summed E-state index contributed by atoms with van der Waals surface area (Å²) < 4.78 is 13.8. The molecule has 0 unspecified atom stereocenters. The quantitative estimate of drug-likeness (QED) is 0.823. The Hall–Kier alpha value is -1.43. The molecule has 4 nitrogen and oxygen atoms in total. The number of amides is 2. The Morgan fingerprint density at radius 3 is 2.50 bits per heavy atom. The molecular weight excluding hydrogens is 327 g/mol. The summed E-state index contributed by atoms with van der Waals surface area (Å²) >= 11 is 3.24. The number of carbonyl (C=O) groups is 2. The molecule has 20 heavy (non-hydrogen) atoms. The van der Waals surface area contributed by atoms with E-state index in [0.29, 0.717) is 11.0 Å². The van der Waals surface area contributed by atoms with Gasteiger partial charge in [0.2, 0.25) is 5.91 Å². The Bertz CT molecular complexity index is 506. The van der Waals surface area contributed by atoms with Crippen LogP contribution in [-0.4, -0.2) is 48.8 Å². The predicted octanol–water partition coefficient (Wildman–Crippen LogP) is 2.53. The lowest BCUT2D eigenvalue weighted by molar-refractivity contribution is -0.129. The summed E-state index contributed by atoms with van der Waals surface area (Å²) in [5.41, 5.74) is 0.227. The second-order valence-corrected chi connectivity index (χ2v) is 5.49. The van der Waals surface area contributed by atoms with Crippen LogP contribution in [0.15, 0.2) is 22.7 Å².